The fourth-order valence-electron chi connectivity index (χ4n) is 1.96. The zero-order valence-electron chi connectivity index (χ0n) is 9.39. The summed E-state index contributed by atoms with van der Waals surface area (Å²) in [6.07, 6.45) is 3.97. The smallest absolute Gasteiger partial charge is 0.0706 e. The molecular weight excluding hydrogens is 184 g/mol. The van der Waals surface area contributed by atoms with Gasteiger partial charge in [0, 0.05) is 20.1 Å². The van der Waals surface area contributed by atoms with E-state index in [2.05, 4.69) is 53.9 Å². The molecule has 2 nitrogen and oxygen atoms in total. The summed E-state index contributed by atoms with van der Waals surface area (Å²) in [7, 11) is 2.17. The Kier molecular flexibility index (Phi) is 3.75. The van der Waals surface area contributed by atoms with Gasteiger partial charge in [0.1, 0.15) is 0 Å². The maximum Gasteiger partial charge on any atom is 0.0706 e. The van der Waals surface area contributed by atoms with Crippen LogP contribution in [0.1, 0.15) is 24.8 Å². The third-order valence-corrected chi connectivity index (χ3v) is 2.91. The molecule has 0 aliphatic carbocycles. The molecular formula is C13H19N2. The van der Waals surface area contributed by atoms with Gasteiger partial charge in [0.25, 0.3) is 0 Å². The van der Waals surface area contributed by atoms with E-state index in [1.807, 2.05) is 0 Å². The fraction of sp³-hybridized carbons (Fsp3) is 0.462. The highest BCUT2D eigenvalue weighted by molar-refractivity contribution is 5.21. The normalized spacial score (nSPS) is 20.1. The molecule has 0 saturated carbocycles. The van der Waals surface area contributed by atoms with Crippen LogP contribution in [0.4, 0.5) is 0 Å². The third-order valence-electron chi connectivity index (χ3n) is 2.91. The van der Waals surface area contributed by atoms with Gasteiger partial charge in [-0.05, 0) is 18.4 Å². The molecule has 0 atom stereocenters. The van der Waals surface area contributed by atoms with Crippen molar-refractivity contribution in [2.24, 2.45) is 0 Å². The van der Waals surface area contributed by atoms with Gasteiger partial charge >= 0.3 is 0 Å². The van der Waals surface area contributed by atoms with Crippen LogP contribution in [-0.2, 0) is 0 Å². The third kappa shape index (κ3) is 3.05. The molecule has 0 amide bonds. The maximum atomic E-state index is 2.34. The van der Waals surface area contributed by atoms with Crippen molar-refractivity contribution in [1.29, 1.82) is 0 Å². The first-order valence-corrected chi connectivity index (χ1v) is 5.74. The van der Waals surface area contributed by atoms with E-state index in [1.54, 1.807) is 0 Å². The molecule has 1 fully saturated rings. The largest absolute Gasteiger partial charge is 0.244 e. The summed E-state index contributed by atoms with van der Waals surface area (Å²) in [5.74, 6) is 0. The summed E-state index contributed by atoms with van der Waals surface area (Å²) >= 11 is 0. The molecule has 2 heteroatoms. The number of hydrazine groups is 1. The van der Waals surface area contributed by atoms with Crippen molar-refractivity contribution in [3.05, 3.63) is 42.4 Å². The van der Waals surface area contributed by atoms with Crippen LogP contribution in [0.15, 0.2) is 30.3 Å². The molecule has 0 bridgehead atoms. The van der Waals surface area contributed by atoms with Gasteiger partial charge in [-0.15, -0.1) is 0 Å². The van der Waals surface area contributed by atoms with E-state index in [9.17, 15) is 0 Å². The number of rotatable bonds is 2. The molecule has 15 heavy (non-hydrogen) atoms. The van der Waals surface area contributed by atoms with Crippen LogP contribution in [0.25, 0.3) is 0 Å². The summed E-state index contributed by atoms with van der Waals surface area (Å²) in [5.41, 5.74) is 1.28. The Morgan fingerprint density at radius 3 is 2.53 bits per heavy atom. The van der Waals surface area contributed by atoms with Gasteiger partial charge in [0.15, 0.2) is 0 Å². The molecule has 1 aromatic rings. The Labute approximate surface area is 92.5 Å². The highest BCUT2D eigenvalue weighted by Gasteiger charge is 2.14. The van der Waals surface area contributed by atoms with Gasteiger partial charge in [-0.2, -0.15) is 0 Å². The van der Waals surface area contributed by atoms with E-state index in [0.717, 1.165) is 6.54 Å². The predicted octanol–water partition coefficient (Wildman–Crippen LogP) is 2.53. The minimum Gasteiger partial charge on any atom is -0.244 e. The van der Waals surface area contributed by atoms with Crippen LogP contribution < -0.4 is 0 Å². The molecule has 1 aliphatic heterocycles. The lowest BCUT2D eigenvalue weighted by atomic mass is 10.2. The van der Waals surface area contributed by atoms with Crippen LogP contribution in [0, 0.1) is 6.54 Å². The number of hydrogen-bond acceptors (Lipinski definition) is 2. The Morgan fingerprint density at radius 2 is 1.73 bits per heavy atom. The SMILES string of the molecule is CN1CCCCCN1[CH]c1ccccc1. The first-order chi connectivity index (χ1) is 7.36. The van der Waals surface area contributed by atoms with E-state index in [-0.39, 0.29) is 0 Å². The summed E-state index contributed by atoms with van der Waals surface area (Å²) in [5, 5.41) is 4.66. The Bertz CT molecular complexity index is 284. The average molecular weight is 203 g/mol. The molecule has 1 aromatic carbocycles. The van der Waals surface area contributed by atoms with Gasteiger partial charge in [-0.25, -0.2) is 10.0 Å². The second kappa shape index (κ2) is 5.29. The van der Waals surface area contributed by atoms with E-state index in [0.29, 0.717) is 0 Å². The summed E-state index contributed by atoms with van der Waals surface area (Å²) in [6, 6.07) is 10.5. The van der Waals surface area contributed by atoms with Gasteiger partial charge in [-0.1, -0.05) is 36.8 Å². The van der Waals surface area contributed by atoms with Gasteiger partial charge in [-0.3, -0.25) is 0 Å². The number of hydrogen-bond donors (Lipinski definition) is 0. The number of nitrogens with zero attached hydrogens (tertiary/aromatic N) is 2. The van der Waals surface area contributed by atoms with Crippen molar-refractivity contribution in [3.8, 4) is 0 Å². The lowest BCUT2D eigenvalue weighted by Gasteiger charge is -2.29. The summed E-state index contributed by atoms with van der Waals surface area (Å²) < 4.78 is 0. The van der Waals surface area contributed by atoms with Gasteiger partial charge in [0.05, 0.1) is 6.54 Å². The van der Waals surface area contributed by atoms with Gasteiger partial charge < -0.3 is 0 Å². The quantitative estimate of drug-likeness (QED) is 0.728. The molecule has 1 saturated heterocycles. The molecule has 1 aliphatic rings. The lowest BCUT2D eigenvalue weighted by Crippen LogP contribution is -2.37. The zero-order valence-corrected chi connectivity index (χ0v) is 9.39. The van der Waals surface area contributed by atoms with Crippen molar-refractivity contribution >= 4 is 0 Å². The molecule has 0 spiro atoms. The Hall–Kier alpha value is -0.860. The highest BCUT2D eigenvalue weighted by Crippen LogP contribution is 2.14. The Morgan fingerprint density at radius 1 is 1.00 bits per heavy atom. The average Bonchev–Trinajstić information content (AvgIpc) is 2.46. The lowest BCUT2D eigenvalue weighted by molar-refractivity contribution is 0.0464. The van der Waals surface area contributed by atoms with Crippen molar-refractivity contribution in [2.45, 2.75) is 19.3 Å². The van der Waals surface area contributed by atoms with Crippen LogP contribution >= 0.6 is 0 Å². The minimum absolute atomic E-state index is 1.14. The van der Waals surface area contributed by atoms with Crippen LogP contribution in [0.3, 0.4) is 0 Å². The topological polar surface area (TPSA) is 6.48 Å². The van der Waals surface area contributed by atoms with Crippen molar-refractivity contribution in [2.75, 3.05) is 20.1 Å². The van der Waals surface area contributed by atoms with Gasteiger partial charge in [0.2, 0.25) is 0 Å². The van der Waals surface area contributed by atoms with E-state index < -0.39 is 0 Å². The van der Waals surface area contributed by atoms with Crippen molar-refractivity contribution in [1.82, 2.24) is 10.0 Å². The fourth-order valence-corrected chi connectivity index (χ4v) is 1.96. The molecule has 1 radical (unpaired) electrons. The highest BCUT2D eigenvalue weighted by atomic mass is 15.6. The second-order valence-electron chi connectivity index (χ2n) is 4.14. The molecule has 2 rings (SSSR count). The monoisotopic (exact) mass is 203 g/mol. The van der Waals surface area contributed by atoms with E-state index >= 15 is 0 Å². The number of benzene rings is 1. The summed E-state index contributed by atoms with van der Waals surface area (Å²) in [4.78, 5) is 0. The van der Waals surface area contributed by atoms with Crippen molar-refractivity contribution in [3.63, 3.8) is 0 Å². The Balaban J connectivity index is 1.97. The molecule has 0 N–H and O–H groups in total. The predicted molar refractivity (Wildman–Crippen MR) is 63.0 cm³/mol. The van der Waals surface area contributed by atoms with E-state index in [4.69, 9.17) is 0 Å². The van der Waals surface area contributed by atoms with Crippen LogP contribution in [0.5, 0.6) is 0 Å². The maximum absolute atomic E-state index is 2.34. The van der Waals surface area contributed by atoms with Crippen LogP contribution in [-0.4, -0.2) is 30.2 Å². The zero-order chi connectivity index (χ0) is 10.5. The molecule has 1 heterocycles. The first kappa shape index (κ1) is 10.7. The second-order valence-corrected chi connectivity index (χ2v) is 4.14. The van der Waals surface area contributed by atoms with E-state index in [1.165, 1.54) is 31.4 Å². The molecule has 81 valence electrons. The summed E-state index contributed by atoms with van der Waals surface area (Å²) in [6.45, 7) is 4.56. The molecule has 0 unspecified atom stereocenters. The van der Waals surface area contributed by atoms with Crippen molar-refractivity contribution < 1.29 is 0 Å². The van der Waals surface area contributed by atoms with Crippen LogP contribution in [0.2, 0.25) is 0 Å². The minimum atomic E-state index is 1.14. The first-order valence-electron chi connectivity index (χ1n) is 5.74. The molecule has 0 aromatic heterocycles. The standard InChI is InChI=1S/C13H19N2/c1-14-10-6-3-7-11-15(14)12-13-8-4-2-5-9-13/h2,4-5,8-9,12H,3,6-7,10-11H2,1H3.